The third-order valence-corrected chi connectivity index (χ3v) is 4.44. The molecule has 1 atom stereocenters. The van der Waals surface area contributed by atoms with Crippen molar-refractivity contribution >= 4 is 11.8 Å². The van der Waals surface area contributed by atoms with Crippen LogP contribution in [0.25, 0.3) is 0 Å². The van der Waals surface area contributed by atoms with Gasteiger partial charge < -0.3 is 9.57 Å². The zero-order valence-electron chi connectivity index (χ0n) is 12.3. The quantitative estimate of drug-likeness (QED) is 0.611. The number of hydrogen-bond acceptors (Lipinski definition) is 5. The van der Waals surface area contributed by atoms with Crippen LogP contribution >= 0.6 is 0 Å². The van der Waals surface area contributed by atoms with Crippen LogP contribution in [0.2, 0.25) is 0 Å². The zero-order chi connectivity index (χ0) is 15.0. The summed E-state index contributed by atoms with van der Waals surface area (Å²) in [5.41, 5.74) is 0.865. The Kier molecular flexibility index (Phi) is 3.55. The molecule has 5 heteroatoms. The molecule has 1 aromatic rings. The topological polar surface area (TPSA) is 55.8 Å². The number of hydrogen-bond donors (Lipinski definition) is 0. The minimum atomic E-state index is -0.957. The number of aryl methyl sites for hydroxylation is 1. The maximum atomic E-state index is 12.8. The normalized spacial score (nSPS) is 25.3. The standard InChI is InChI=1S/C16H19NO4/c1-11-3-5-12(6-4-11)13-14(18)16(21-15(13)19)7-9-17(20-2)10-8-16/h3-6,13H,7-10H2,1-2H3. The van der Waals surface area contributed by atoms with Crippen LogP contribution in [-0.2, 0) is 19.2 Å². The molecule has 0 aromatic heterocycles. The van der Waals surface area contributed by atoms with E-state index in [1.807, 2.05) is 31.2 Å². The van der Waals surface area contributed by atoms with Gasteiger partial charge in [-0.15, -0.1) is 0 Å². The van der Waals surface area contributed by atoms with Crippen molar-refractivity contribution in [3.05, 3.63) is 35.4 Å². The molecule has 2 fully saturated rings. The molecule has 5 nitrogen and oxygen atoms in total. The fraction of sp³-hybridized carbons (Fsp3) is 0.500. The number of ether oxygens (including phenoxy) is 1. The highest BCUT2D eigenvalue weighted by Crippen LogP contribution is 2.40. The van der Waals surface area contributed by atoms with E-state index in [1.54, 1.807) is 12.2 Å². The summed E-state index contributed by atoms with van der Waals surface area (Å²) < 4.78 is 5.52. The molecule has 0 radical (unpaired) electrons. The first-order valence-electron chi connectivity index (χ1n) is 7.18. The lowest BCUT2D eigenvalue weighted by Crippen LogP contribution is -2.48. The number of Topliss-reactive ketones (excluding diaryl/α,β-unsaturated/α-hetero) is 1. The number of nitrogens with zero attached hydrogens (tertiary/aromatic N) is 1. The van der Waals surface area contributed by atoms with Crippen molar-refractivity contribution in [2.75, 3.05) is 20.2 Å². The van der Waals surface area contributed by atoms with Crippen LogP contribution in [-0.4, -0.2) is 42.6 Å². The molecule has 0 aliphatic carbocycles. The van der Waals surface area contributed by atoms with Crippen LogP contribution in [0.3, 0.4) is 0 Å². The van der Waals surface area contributed by atoms with Crippen molar-refractivity contribution in [3.63, 3.8) is 0 Å². The molecule has 2 aliphatic rings. The molecule has 0 saturated carbocycles. The van der Waals surface area contributed by atoms with Crippen molar-refractivity contribution in [3.8, 4) is 0 Å². The molecular formula is C16H19NO4. The molecule has 1 unspecified atom stereocenters. The SMILES string of the molecule is CON1CCC2(CC1)OC(=O)C(c1ccc(C)cc1)C2=O. The van der Waals surface area contributed by atoms with Crippen LogP contribution in [0.5, 0.6) is 0 Å². The molecule has 1 aromatic carbocycles. The minimum absolute atomic E-state index is 0.105. The second-order valence-electron chi connectivity index (χ2n) is 5.73. The Morgan fingerprint density at radius 3 is 2.38 bits per heavy atom. The minimum Gasteiger partial charge on any atom is -0.450 e. The van der Waals surface area contributed by atoms with Crippen molar-refractivity contribution in [1.29, 1.82) is 0 Å². The molecular weight excluding hydrogens is 270 g/mol. The summed E-state index contributed by atoms with van der Waals surface area (Å²) in [6.07, 6.45) is 0.988. The molecule has 112 valence electrons. The van der Waals surface area contributed by atoms with Gasteiger partial charge in [0.1, 0.15) is 5.92 Å². The first-order chi connectivity index (χ1) is 10.1. The van der Waals surface area contributed by atoms with Gasteiger partial charge in [-0.05, 0) is 12.5 Å². The molecule has 0 N–H and O–H groups in total. The van der Waals surface area contributed by atoms with Crippen molar-refractivity contribution < 1.29 is 19.2 Å². The van der Waals surface area contributed by atoms with Gasteiger partial charge in [0, 0.05) is 25.9 Å². The average molecular weight is 289 g/mol. The Hall–Kier alpha value is -1.72. The third-order valence-electron chi connectivity index (χ3n) is 4.44. The summed E-state index contributed by atoms with van der Waals surface area (Å²) in [4.78, 5) is 30.1. The van der Waals surface area contributed by atoms with E-state index >= 15 is 0 Å². The number of ketones is 1. The van der Waals surface area contributed by atoms with E-state index in [0.717, 1.165) is 11.1 Å². The number of piperidine rings is 1. The molecule has 2 heterocycles. The van der Waals surface area contributed by atoms with E-state index in [0.29, 0.717) is 25.9 Å². The van der Waals surface area contributed by atoms with E-state index < -0.39 is 17.5 Å². The van der Waals surface area contributed by atoms with E-state index in [9.17, 15) is 9.59 Å². The fourth-order valence-electron chi connectivity index (χ4n) is 3.10. The largest absolute Gasteiger partial charge is 0.450 e. The van der Waals surface area contributed by atoms with Crippen molar-refractivity contribution in [2.24, 2.45) is 0 Å². The molecule has 2 saturated heterocycles. The van der Waals surface area contributed by atoms with Crippen LogP contribution in [0.15, 0.2) is 24.3 Å². The summed E-state index contributed by atoms with van der Waals surface area (Å²) in [5.74, 6) is -1.30. The Balaban J connectivity index is 1.84. The van der Waals surface area contributed by atoms with Crippen molar-refractivity contribution in [2.45, 2.75) is 31.3 Å². The molecule has 0 amide bonds. The Morgan fingerprint density at radius 2 is 1.81 bits per heavy atom. The number of carbonyl (C=O) groups excluding carboxylic acids is 2. The van der Waals surface area contributed by atoms with Gasteiger partial charge in [0.15, 0.2) is 11.4 Å². The van der Waals surface area contributed by atoms with Gasteiger partial charge in [-0.1, -0.05) is 29.8 Å². The highest BCUT2D eigenvalue weighted by Gasteiger charge is 2.56. The Bertz CT molecular complexity index is 558. The lowest BCUT2D eigenvalue weighted by atomic mass is 9.82. The second-order valence-corrected chi connectivity index (χ2v) is 5.73. The van der Waals surface area contributed by atoms with Crippen LogP contribution in [0.4, 0.5) is 0 Å². The lowest BCUT2D eigenvalue weighted by Gasteiger charge is -2.35. The van der Waals surface area contributed by atoms with Crippen molar-refractivity contribution in [1.82, 2.24) is 5.06 Å². The predicted octanol–water partition coefficient (Wildman–Crippen LogP) is 1.60. The van der Waals surface area contributed by atoms with Gasteiger partial charge in [0.05, 0.1) is 7.11 Å². The van der Waals surface area contributed by atoms with E-state index in [4.69, 9.17) is 9.57 Å². The van der Waals surface area contributed by atoms with Gasteiger partial charge in [-0.3, -0.25) is 9.59 Å². The number of carbonyl (C=O) groups is 2. The van der Waals surface area contributed by atoms with Gasteiger partial charge in [-0.25, -0.2) is 0 Å². The highest BCUT2D eigenvalue weighted by atomic mass is 16.7. The molecule has 1 spiro atoms. The van der Waals surface area contributed by atoms with Gasteiger partial charge >= 0.3 is 5.97 Å². The monoisotopic (exact) mass is 289 g/mol. The first-order valence-corrected chi connectivity index (χ1v) is 7.18. The van der Waals surface area contributed by atoms with Crippen LogP contribution in [0.1, 0.15) is 29.9 Å². The van der Waals surface area contributed by atoms with E-state index in [2.05, 4.69) is 0 Å². The smallest absolute Gasteiger partial charge is 0.322 e. The van der Waals surface area contributed by atoms with Gasteiger partial charge in [0.25, 0.3) is 0 Å². The summed E-state index contributed by atoms with van der Waals surface area (Å²) in [6, 6.07) is 7.49. The lowest BCUT2D eigenvalue weighted by molar-refractivity contribution is -0.184. The van der Waals surface area contributed by atoms with Crippen LogP contribution in [0, 0.1) is 6.92 Å². The summed E-state index contributed by atoms with van der Waals surface area (Å²) >= 11 is 0. The zero-order valence-corrected chi connectivity index (χ0v) is 12.3. The Labute approximate surface area is 123 Å². The van der Waals surface area contributed by atoms with Gasteiger partial charge in [0.2, 0.25) is 0 Å². The molecule has 3 rings (SSSR count). The van der Waals surface area contributed by atoms with Crippen LogP contribution < -0.4 is 0 Å². The maximum absolute atomic E-state index is 12.8. The average Bonchev–Trinajstić information content (AvgIpc) is 2.72. The summed E-state index contributed by atoms with van der Waals surface area (Å²) in [5, 5.41) is 1.78. The van der Waals surface area contributed by atoms with Gasteiger partial charge in [-0.2, -0.15) is 5.06 Å². The predicted molar refractivity (Wildman–Crippen MR) is 75.6 cm³/mol. The summed E-state index contributed by atoms with van der Waals surface area (Å²) in [6.45, 7) is 3.16. The Morgan fingerprint density at radius 1 is 1.19 bits per heavy atom. The number of hydroxylamine groups is 2. The molecule has 21 heavy (non-hydrogen) atoms. The van der Waals surface area contributed by atoms with E-state index in [1.165, 1.54) is 0 Å². The maximum Gasteiger partial charge on any atom is 0.322 e. The fourth-order valence-corrected chi connectivity index (χ4v) is 3.10. The molecule has 0 bridgehead atoms. The molecule has 2 aliphatic heterocycles. The number of esters is 1. The summed E-state index contributed by atoms with van der Waals surface area (Å²) in [7, 11) is 1.61. The highest BCUT2D eigenvalue weighted by molar-refractivity contribution is 6.13. The second kappa shape index (κ2) is 5.24. The third kappa shape index (κ3) is 2.36. The van der Waals surface area contributed by atoms with E-state index in [-0.39, 0.29) is 5.78 Å². The number of rotatable bonds is 2. The number of benzene rings is 1. The first kappa shape index (κ1) is 14.2.